The van der Waals surface area contributed by atoms with Crippen molar-refractivity contribution < 1.29 is 14.4 Å². The summed E-state index contributed by atoms with van der Waals surface area (Å²) >= 11 is 0. The molecule has 3 amide bonds. The van der Waals surface area contributed by atoms with Crippen molar-refractivity contribution >= 4 is 17.7 Å². The molecule has 0 saturated carbocycles. The summed E-state index contributed by atoms with van der Waals surface area (Å²) in [4.78, 5) is 41.9. The Morgan fingerprint density at radius 1 is 0.920 bits per heavy atom. The maximum Gasteiger partial charge on any atom is 0.242 e. The molecule has 0 aromatic heterocycles. The van der Waals surface area contributed by atoms with Crippen LogP contribution in [0.2, 0.25) is 0 Å². The lowest BCUT2D eigenvalue weighted by atomic mass is 10.1. The number of piperazine rings is 1. The molecule has 8 nitrogen and oxygen atoms in total. The number of hydrogen-bond donors (Lipinski definition) is 2. The van der Waals surface area contributed by atoms with Crippen LogP contribution >= 0.6 is 0 Å². The third-order valence-electron chi connectivity index (χ3n) is 4.98. The van der Waals surface area contributed by atoms with Crippen molar-refractivity contribution in [3.63, 3.8) is 0 Å². The molecular weight excluding hydrogens is 322 g/mol. The van der Waals surface area contributed by atoms with E-state index in [4.69, 9.17) is 5.73 Å². The summed E-state index contributed by atoms with van der Waals surface area (Å²) in [6.07, 6.45) is 2.19. The average Bonchev–Trinajstić information content (AvgIpc) is 3.14. The first-order valence-electron chi connectivity index (χ1n) is 9.19. The van der Waals surface area contributed by atoms with Gasteiger partial charge < -0.3 is 20.9 Å². The molecule has 0 bridgehead atoms. The minimum absolute atomic E-state index is 0.0219. The highest BCUT2D eigenvalue weighted by molar-refractivity contribution is 5.87. The molecule has 25 heavy (non-hydrogen) atoms. The van der Waals surface area contributed by atoms with E-state index in [1.165, 1.54) is 0 Å². The van der Waals surface area contributed by atoms with Crippen LogP contribution in [0.4, 0.5) is 0 Å². The minimum atomic E-state index is -0.596. The zero-order chi connectivity index (χ0) is 18.4. The Morgan fingerprint density at radius 2 is 1.48 bits per heavy atom. The van der Waals surface area contributed by atoms with Gasteiger partial charge in [-0.3, -0.25) is 19.3 Å². The Balaban J connectivity index is 1.67. The Bertz CT molecular complexity index is 483. The first-order valence-corrected chi connectivity index (χ1v) is 9.19. The van der Waals surface area contributed by atoms with Crippen molar-refractivity contribution in [2.75, 3.05) is 52.4 Å². The quantitative estimate of drug-likeness (QED) is 0.628. The number of carbonyl (C=O) groups is 3. The third-order valence-corrected chi connectivity index (χ3v) is 4.98. The van der Waals surface area contributed by atoms with Gasteiger partial charge in [0.2, 0.25) is 17.7 Å². The molecule has 2 aliphatic heterocycles. The Morgan fingerprint density at radius 3 is 2.04 bits per heavy atom. The lowest BCUT2D eigenvalue weighted by Crippen LogP contribution is -2.54. The van der Waals surface area contributed by atoms with Crippen molar-refractivity contribution in [1.29, 1.82) is 0 Å². The molecule has 2 aliphatic rings. The first kappa shape index (κ1) is 19.7. The summed E-state index contributed by atoms with van der Waals surface area (Å²) < 4.78 is 0. The van der Waals surface area contributed by atoms with Crippen molar-refractivity contribution in [3.05, 3.63) is 0 Å². The van der Waals surface area contributed by atoms with E-state index in [9.17, 15) is 14.4 Å². The summed E-state index contributed by atoms with van der Waals surface area (Å²) in [5.41, 5.74) is 5.76. The summed E-state index contributed by atoms with van der Waals surface area (Å²) in [5.74, 6) is -0.174. The summed E-state index contributed by atoms with van der Waals surface area (Å²) in [6.45, 7) is 8.43. The molecule has 0 aromatic carbocycles. The van der Waals surface area contributed by atoms with E-state index in [-0.39, 0.29) is 30.2 Å². The Labute approximate surface area is 149 Å². The van der Waals surface area contributed by atoms with Crippen LogP contribution in [-0.2, 0) is 14.4 Å². The monoisotopic (exact) mass is 353 g/mol. The number of amides is 3. The number of nitrogens with one attached hydrogen (secondary N) is 1. The van der Waals surface area contributed by atoms with Crippen LogP contribution in [0.25, 0.3) is 0 Å². The molecule has 2 rings (SSSR count). The second-order valence-electron chi connectivity index (χ2n) is 7.23. The van der Waals surface area contributed by atoms with Crippen LogP contribution in [0.15, 0.2) is 0 Å². The van der Waals surface area contributed by atoms with Crippen LogP contribution in [0, 0.1) is 5.92 Å². The maximum absolute atomic E-state index is 12.2. The molecule has 0 aliphatic carbocycles. The topological polar surface area (TPSA) is 99.0 Å². The summed E-state index contributed by atoms with van der Waals surface area (Å²) in [7, 11) is 0. The normalized spacial score (nSPS) is 20.0. The fraction of sp³-hybridized carbons (Fsp3) is 0.824. The second-order valence-corrected chi connectivity index (χ2v) is 7.23. The van der Waals surface area contributed by atoms with Crippen LogP contribution < -0.4 is 11.1 Å². The summed E-state index contributed by atoms with van der Waals surface area (Å²) in [5, 5.41) is 2.61. The van der Waals surface area contributed by atoms with Gasteiger partial charge in [0.25, 0.3) is 0 Å². The largest absolute Gasteiger partial charge is 0.346 e. The Hall–Kier alpha value is -1.67. The number of rotatable bonds is 6. The van der Waals surface area contributed by atoms with Gasteiger partial charge in [-0.2, -0.15) is 0 Å². The smallest absolute Gasteiger partial charge is 0.242 e. The SMILES string of the molecule is CC(C)[C@H](N)C(=O)NCC(=O)N1CCN(CC(=O)N2CCCC2)CC1. The number of likely N-dealkylation sites (tertiary alicyclic amines) is 1. The van der Waals surface area contributed by atoms with Gasteiger partial charge in [0.1, 0.15) is 0 Å². The molecule has 1 atom stereocenters. The predicted molar refractivity (Wildman–Crippen MR) is 94.7 cm³/mol. The molecule has 2 fully saturated rings. The standard InChI is InChI=1S/C17H31N5O3/c1-13(2)16(18)17(25)19-11-14(23)22-9-7-20(8-10-22)12-15(24)21-5-3-4-6-21/h13,16H,3-12,18H2,1-2H3,(H,19,25)/t16-/m0/s1. The number of nitrogens with zero attached hydrogens (tertiary/aromatic N) is 3. The van der Waals surface area contributed by atoms with E-state index in [1.807, 2.05) is 18.7 Å². The van der Waals surface area contributed by atoms with E-state index < -0.39 is 6.04 Å². The van der Waals surface area contributed by atoms with Gasteiger partial charge in [0.05, 0.1) is 19.1 Å². The van der Waals surface area contributed by atoms with Crippen LogP contribution in [0.5, 0.6) is 0 Å². The molecule has 0 aromatic rings. The van der Waals surface area contributed by atoms with Gasteiger partial charge in [0, 0.05) is 39.3 Å². The van der Waals surface area contributed by atoms with Gasteiger partial charge in [0.15, 0.2) is 0 Å². The lowest BCUT2D eigenvalue weighted by molar-refractivity contribution is -0.136. The molecule has 2 heterocycles. The zero-order valence-electron chi connectivity index (χ0n) is 15.4. The van der Waals surface area contributed by atoms with Crippen LogP contribution in [0.3, 0.4) is 0 Å². The average molecular weight is 353 g/mol. The van der Waals surface area contributed by atoms with E-state index in [0.717, 1.165) is 25.9 Å². The van der Waals surface area contributed by atoms with E-state index in [1.54, 1.807) is 4.90 Å². The first-order chi connectivity index (χ1) is 11.9. The van der Waals surface area contributed by atoms with Crippen LogP contribution in [0.1, 0.15) is 26.7 Å². The van der Waals surface area contributed by atoms with Crippen molar-refractivity contribution in [3.8, 4) is 0 Å². The molecule has 8 heteroatoms. The summed E-state index contributed by atoms with van der Waals surface area (Å²) in [6, 6.07) is -0.596. The Kier molecular flexibility index (Phi) is 7.19. The fourth-order valence-corrected chi connectivity index (χ4v) is 3.11. The molecule has 2 saturated heterocycles. The highest BCUT2D eigenvalue weighted by atomic mass is 16.2. The second kappa shape index (κ2) is 9.15. The number of nitrogens with two attached hydrogens (primary N) is 1. The van der Waals surface area contributed by atoms with Gasteiger partial charge in [-0.05, 0) is 18.8 Å². The maximum atomic E-state index is 12.2. The van der Waals surface area contributed by atoms with Gasteiger partial charge >= 0.3 is 0 Å². The molecule has 0 radical (unpaired) electrons. The van der Waals surface area contributed by atoms with E-state index >= 15 is 0 Å². The molecule has 0 unspecified atom stereocenters. The highest BCUT2D eigenvalue weighted by Crippen LogP contribution is 2.09. The molecule has 3 N–H and O–H groups in total. The predicted octanol–water partition coefficient (Wildman–Crippen LogP) is -1.15. The van der Waals surface area contributed by atoms with Gasteiger partial charge in [-0.25, -0.2) is 0 Å². The van der Waals surface area contributed by atoms with Crippen molar-refractivity contribution in [2.24, 2.45) is 11.7 Å². The third kappa shape index (κ3) is 5.67. The lowest BCUT2D eigenvalue weighted by Gasteiger charge is -2.35. The van der Waals surface area contributed by atoms with Gasteiger partial charge in [-0.15, -0.1) is 0 Å². The molecular formula is C17H31N5O3. The fourth-order valence-electron chi connectivity index (χ4n) is 3.11. The minimum Gasteiger partial charge on any atom is -0.346 e. The van der Waals surface area contributed by atoms with Crippen LogP contribution in [-0.4, -0.2) is 90.8 Å². The molecule has 142 valence electrons. The van der Waals surface area contributed by atoms with Crippen molar-refractivity contribution in [1.82, 2.24) is 20.0 Å². The number of carbonyl (C=O) groups excluding carboxylic acids is 3. The van der Waals surface area contributed by atoms with E-state index in [0.29, 0.717) is 32.7 Å². The number of hydrogen-bond acceptors (Lipinski definition) is 5. The van der Waals surface area contributed by atoms with E-state index in [2.05, 4.69) is 10.2 Å². The molecule has 0 spiro atoms. The zero-order valence-corrected chi connectivity index (χ0v) is 15.4. The van der Waals surface area contributed by atoms with Gasteiger partial charge in [-0.1, -0.05) is 13.8 Å². The highest BCUT2D eigenvalue weighted by Gasteiger charge is 2.26. The van der Waals surface area contributed by atoms with Crippen molar-refractivity contribution in [2.45, 2.75) is 32.7 Å².